The van der Waals surface area contributed by atoms with Crippen molar-refractivity contribution >= 4 is 5.78 Å². The molecule has 3 rings (SSSR count). The van der Waals surface area contributed by atoms with Gasteiger partial charge in [0.25, 0.3) is 0 Å². The van der Waals surface area contributed by atoms with Crippen LogP contribution in [-0.4, -0.2) is 15.6 Å². The molecule has 0 unspecified atom stereocenters. The summed E-state index contributed by atoms with van der Waals surface area (Å²) >= 11 is 0. The SMILES string of the molecule is CCCn1nccc1C(=O)C1(c2ccccc2)CCC1. The molecule has 0 saturated heterocycles. The fourth-order valence-electron chi connectivity index (χ4n) is 3.10. The van der Waals surface area contributed by atoms with Gasteiger partial charge in [-0.25, -0.2) is 0 Å². The Morgan fingerprint density at radius 3 is 2.60 bits per heavy atom. The average molecular weight is 268 g/mol. The van der Waals surface area contributed by atoms with Crippen LogP contribution < -0.4 is 0 Å². The van der Waals surface area contributed by atoms with Crippen LogP contribution in [0, 0.1) is 0 Å². The zero-order valence-corrected chi connectivity index (χ0v) is 11.9. The van der Waals surface area contributed by atoms with Gasteiger partial charge in [0.05, 0.1) is 5.41 Å². The lowest BCUT2D eigenvalue weighted by atomic mass is 9.61. The number of rotatable bonds is 5. The minimum Gasteiger partial charge on any atom is -0.291 e. The molecular weight excluding hydrogens is 248 g/mol. The molecule has 1 aliphatic carbocycles. The van der Waals surface area contributed by atoms with E-state index in [4.69, 9.17) is 0 Å². The van der Waals surface area contributed by atoms with Crippen molar-refractivity contribution in [1.82, 2.24) is 9.78 Å². The third-order valence-electron chi connectivity index (χ3n) is 4.35. The number of ketones is 1. The van der Waals surface area contributed by atoms with Crippen molar-refractivity contribution in [2.24, 2.45) is 0 Å². The lowest BCUT2D eigenvalue weighted by Gasteiger charge is -2.40. The van der Waals surface area contributed by atoms with E-state index in [-0.39, 0.29) is 11.2 Å². The standard InChI is InChI=1S/C17H20N2O/c1-2-13-19-15(9-12-18-19)16(20)17(10-6-11-17)14-7-4-3-5-8-14/h3-5,7-9,12H,2,6,10-11,13H2,1H3. The van der Waals surface area contributed by atoms with Crippen molar-refractivity contribution < 1.29 is 4.79 Å². The zero-order chi connectivity index (χ0) is 14.0. The van der Waals surface area contributed by atoms with E-state index in [0.29, 0.717) is 0 Å². The highest BCUT2D eigenvalue weighted by Crippen LogP contribution is 2.46. The fourth-order valence-corrected chi connectivity index (χ4v) is 3.10. The van der Waals surface area contributed by atoms with Crippen molar-refractivity contribution in [1.29, 1.82) is 0 Å². The first kappa shape index (κ1) is 13.1. The third kappa shape index (κ3) is 1.98. The van der Waals surface area contributed by atoms with E-state index in [9.17, 15) is 4.79 Å². The molecule has 3 heteroatoms. The molecule has 0 spiro atoms. The first-order valence-electron chi connectivity index (χ1n) is 7.40. The summed E-state index contributed by atoms with van der Waals surface area (Å²) in [4.78, 5) is 13.0. The van der Waals surface area contributed by atoms with Crippen LogP contribution in [0.3, 0.4) is 0 Å². The molecule has 0 atom stereocenters. The molecule has 1 aliphatic rings. The van der Waals surface area contributed by atoms with E-state index in [1.165, 1.54) is 0 Å². The molecule has 0 N–H and O–H groups in total. The lowest BCUT2D eigenvalue weighted by Crippen LogP contribution is -2.43. The van der Waals surface area contributed by atoms with E-state index < -0.39 is 0 Å². The van der Waals surface area contributed by atoms with Crippen molar-refractivity contribution in [2.45, 2.75) is 44.6 Å². The smallest absolute Gasteiger partial charge is 0.191 e. The average Bonchev–Trinajstić information content (AvgIpc) is 2.87. The Bertz CT molecular complexity index is 596. The van der Waals surface area contributed by atoms with Crippen LogP contribution >= 0.6 is 0 Å². The van der Waals surface area contributed by atoms with Gasteiger partial charge in [0.2, 0.25) is 0 Å². The van der Waals surface area contributed by atoms with Crippen LogP contribution in [0.4, 0.5) is 0 Å². The summed E-state index contributed by atoms with van der Waals surface area (Å²) in [6.07, 6.45) is 5.75. The van der Waals surface area contributed by atoms with Crippen molar-refractivity contribution in [3.63, 3.8) is 0 Å². The van der Waals surface area contributed by atoms with Crippen LogP contribution in [-0.2, 0) is 12.0 Å². The van der Waals surface area contributed by atoms with Gasteiger partial charge in [-0.15, -0.1) is 0 Å². The number of Topliss-reactive ketones (excluding diaryl/α,β-unsaturated/α-hetero) is 1. The van der Waals surface area contributed by atoms with E-state index in [1.54, 1.807) is 6.20 Å². The summed E-state index contributed by atoms with van der Waals surface area (Å²) in [5.41, 5.74) is 1.60. The van der Waals surface area contributed by atoms with Gasteiger partial charge in [-0.3, -0.25) is 9.48 Å². The number of carbonyl (C=O) groups excluding carboxylic acids is 1. The molecule has 104 valence electrons. The molecule has 1 aromatic heterocycles. The van der Waals surface area contributed by atoms with E-state index in [0.717, 1.165) is 43.5 Å². The molecule has 0 aliphatic heterocycles. The maximum atomic E-state index is 13.0. The van der Waals surface area contributed by atoms with Crippen LogP contribution in [0.15, 0.2) is 42.6 Å². The molecule has 2 aromatic rings. The summed E-state index contributed by atoms with van der Waals surface area (Å²) in [5, 5.41) is 4.29. The molecular formula is C17H20N2O. The van der Waals surface area contributed by atoms with Gasteiger partial charge in [-0.2, -0.15) is 5.10 Å². The molecule has 1 heterocycles. The van der Waals surface area contributed by atoms with Crippen molar-refractivity contribution in [3.05, 3.63) is 53.9 Å². The fraction of sp³-hybridized carbons (Fsp3) is 0.412. The minimum absolute atomic E-state index is 0.237. The largest absolute Gasteiger partial charge is 0.291 e. The molecule has 0 radical (unpaired) electrons. The molecule has 1 fully saturated rings. The number of aromatic nitrogens is 2. The highest BCUT2D eigenvalue weighted by Gasteiger charge is 2.46. The van der Waals surface area contributed by atoms with E-state index >= 15 is 0 Å². The van der Waals surface area contributed by atoms with Gasteiger partial charge >= 0.3 is 0 Å². The summed E-state index contributed by atoms with van der Waals surface area (Å²) in [5.74, 6) is 0.237. The lowest BCUT2D eigenvalue weighted by molar-refractivity contribution is 0.0776. The second-order valence-electron chi connectivity index (χ2n) is 5.57. The maximum Gasteiger partial charge on any atom is 0.191 e. The molecule has 0 bridgehead atoms. The first-order chi connectivity index (χ1) is 9.78. The second kappa shape index (κ2) is 5.23. The predicted molar refractivity (Wildman–Crippen MR) is 78.8 cm³/mol. The summed E-state index contributed by atoms with van der Waals surface area (Å²) < 4.78 is 1.85. The molecule has 3 nitrogen and oxygen atoms in total. The summed E-state index contributed by atoms with van der Waals surface area (Å²) in [6, 6.07) is 12.1. The minimum atomic E-state index is -0.313. The van der Waals surface area contributed by atoms with Gasteiger partial charge in [0.15, 0.2) is 5.78 Å². The summed E-state index contributed by atoms with van der Waals surface area (Å²) in [7, 11) is 0. The number of carbonyl (C=O) groups is 1. The normalized spacial score (nSPS) is 16.6. The monoisotopic (exact) mass is 268 g/mol. The Morgan fingerprint density at radius 2 is 2.00 bits per heavy atom. The zero-order valence-electron chi connectivity index (χ0n) is 11.9. The molecule has 1 aromatic carbocycles. The van der Waals surface area contributed by atoms with E-state index in [2.05, 4.69) is 24.2 Å². The van der Waals surface area contributed by atoms with Crippen molar-refractivity contribution in [2.75, 3.05) is 0 Å². The quantitative estimate of drug-likeness (QED) is 0.777. The van der Waals surface area contributed by atoms with Gasteiger partial charge < -0.3 is 0 Å². The van der Waals surface area contributed by atoms with Crippen molar-refractivity contribution in [3.8, 4) is 0 Å². The van der Waals surface area contributed by atoms with E-state index in [1.807, 2.05) is 28.9 Å². The van der Waals surface area contributed by atoms with Gasteiger partial charge in [-0.05, 0) is 30.9 Å². The van der Waals surface area contributed by atoms with Crippen LogP contribution in [0.2, 0.25) is 0 Å². The van der Waals surface area contributed by atoms with Gasteiger partial charge in [-0.1, -0.05) is 43.7 Å². The summed E-state index contributed by atoms with van der Waals surface area (Å²) in [6.45, 7) is 2.91. The Labute approximate surface area is 119 Å². The van der Waals surface area contributed by atoms with Gasteiger partial charge in [0.1, 0.15) is 5.69 Å². The number of aryl methyl sites for hydroxylation is 1. The topological polar surface area (TPSA) is 34.9 Å². The molecule has 0 amide bonds. The third-order valence-corrected chi connectivity index (χ3v) is 4.35. The maximum absolute atomic E-state index is 13.0. The predicted octanol–water partition coefficient (Wildman–Crippen LogP) is 3.60. The van der Waals surface area contributed by atoms with Gasteiger partial charge in [0, 0.05) is 12.7 Å². The highest BCUT2D eigenvalue weighted by molar-refractivity contribution is 6.03. The number of hydrogen-bond acceptors (Lipinski definition) is 2. The number of nitrogens with zero attached hydrogens (tertiary/aromatic N) is 2. The molecule has 20 heavy (non-hydrogen) atoms. The Morgan fingerprint density at radius 1 is 1.25 bits per heavy atom. The van der Waals surface area contributed by atoms with Crippen LogP contribution in [0.5, 0.6) is 0 Å². The Balaban J connectivity index is 1.97. The van der Waals surface area contributed by atoms with Crippen LogP contribution in [0.25, 0.3) is 0 Å². The number of benzene rings is 1. The molecule has 1 saturated carbocycles. The van der Waals surface area contributed by atoms with Crippen LogP contribution in [0.1, 0.15) is 48.7 Å². The first-order valence-corrected chi connectivity index (χ1v) is 7.40. The number of hydrogen-bond donors (Lipinski definition) is 0. The highest BCUT2D eigenvalue weighted by atomic mass is 16.1. The second-order valence-corrected chi connectivity index (χ2v) is 5.57. The Kier molecular flexibility index (Phi) is 3.43. The Hall–Kier alpha value is -1.90.